The fourth-order valence-corrected chi connectivity index (χ4v) is 3.46. The van der Waals surface area contributed by atoms with E-state index in [0.29, 0.717) is 5.69 Å². The van der Waals surface area contributed by atoms with Crippen molar-refractivity contribution in [1.82, 2.24) is 0 Å². The van der Waals surface area contributed by atoms with E-state index in [1.54, 1.807) is 29.6 Å². The van der Waals surface area contributed by atoms with Crippen LogP contribution in [0.4, 0.5) is 5.69 Å². The smallest absolute Gasteiger partial charge is 0.341 e. The Kier molecular flexibility index (Phi) is 4.26. The first kappa shape index (κ1) is 14.4. The number of anilines is 1. The molecule has 1 aromatic carbocycles. The maximum Gasteiger partial charge on any atom is 0.341 e. The molecule has 0 spiro atoms. The first-order valence-corrected chi connectivity index (χ1v) is 7.85. The number of carbonyl (C=O) groups is 1. The van der Waals surface area contributed by atoms with E-state index in [0.717, 1.165) is 11.3 Å². The van der Waals surface area contributed by atoms with E-state index < -0.39 is 22.6 Å². The molecular weight excluding hydrogens is 302 g/mol. The number of aliphatic carboxylic acids is 1. The normalized spacial score (nSPS) is 11.0. The summed E-state index contributed by atoms with van der Waals surface area (Å²) in [6.07, 6.45) is 0. The predicted octanol–water partition coefficient (Wildman–Crippen LogP) is 2.01. The summed E-state index contributed by atoms with van der Waals surface area (Å²) in [5.41, 5.74) is 0.307. The van der Waals surface area contributed by atoms with Crippen LogP contribution < -0.4 is 9.46 Å². The fraction of sp³-hybridized carbons (Fsp3) is 0.0833. The van der Waals surface area contributed by atoms with Gasteiger partial charge in [-0.05, 0) is 23.6 Å². The first-order valence-electron chi connectivity index (χ1n) is 5.48. The summed E-state index contributed by atoms with van der Waals surface area (Å²) in [7, 11) is -3.62. The van der Waals surface area contributed by atoms with E-state index >= 15 is 0 Å². The molecule has 6 nitrogen and oxygen atoms in total. The molecule has 106 valence electrons. The van der Waals surface area contributed by atoms with Gasteiger partial charge in [0.05, 0.1) is 5.69 Å². The van der Waals surface area contributed by atoms with Crippen LogP contribution in [-0.2, 0) is 14.8 Å². The Balaban J connectivity index is 2.14. The van der Waals surface area contributed by atoms with Crippen LogP contribution in [0.2, 0.25) is 0 Å². The highest BCUT2D eigenvalue weighted by atomic mass is 32.2. The van der Waals surface area contributed by atoms with Gasteiger partial charge in [-0.3, -0.25) is 4.72 Å². The molecule has 0 radical (unpaired) electrons. The van der Waals surface area contributed by atoms with Gasteiger partial charge in [-0.25, -0.2) is 13.2 Å². The molecule has 20 heavy (non-hydrogen) atoms. The van der Waals surface area contributed by atoms with Crippen LogP contribution in [0.5, 0.6) is 5.75 Å². The van der Waals surface area contributed by atoms with Gasteiger partial charge in [0.25, 0.3) is 10.0 Å². The van der Waals surface area contributed by atoms with E-state index in [-0.39, 0.29) is 9.96 Å². The minimum Gasteiger partial charge on any atom is -0.482 e. The summed E-state index contributed by atoms with van der Waals surface area (Å²) in [6, 6.07) is 9.24. The van der Waals surface area contributed by atoms with E-state index in [2.05, 4.69) is 4.72 Å². The predicted molar refractivity (Wildman–Crippen MR) is 74.7 cm³/mol. The van der Waals surface area contributed by atoms with Crippen LogP contribution >= 0.6 is 11.3 Å². The third-order valence-corrected chi connectivity index (χ3v) is 4.99. The fourth-order valence-electron chi connectivity index (χ4n) is 1.42. The molecule has 8 heteroatoms. The number of thiophene rings is 1. The molecule has 1 heterocycles. The highest BCUT2D eigenvalue weighted by Crippen LogP contribution is 2.23. The molecular formula is C12H11NO5S2. The second-order valence-corrected chi connectivity index (χ2v) is 6.60. The van der Waals surface area contributed by atoms with Crippen LogP contribution in [-0.4, -0.2) is 26.1 Å². The molecule has 0 aliphatic carbocycles. The molecule has 0 amide bonds. The molecule has 0 bridgehead atoms. The van der Waals surface area contributed by atoms with Crippen molar-refractivity contribution < 1.29 is 23.1 Å². The van der Waals surface area contributed by atoms with E-state index in [4.69, 9.17) is 9.84 Å². The number of ether oxygens (including phenoxy) is 1. The number of hydrogen-bond donors (Lipinski definition) is 2. The lowest BCUT2D eigenvalue weighted by atomic mass is 10.3. The van der Waals surface area contributed by atoms with E-state index in [1.807, 2.05) is 0 Å². The Morgan fingerprint density at radius 1 is 1.30 bits per heavy atom. The van der Waals surface area contributed by atoms with Crippen molar-refractivity contribution in [3.8, 4) is 5.75 Å². The summed E-state index contributed by atoms with van der Waals surface area (Å²) in [6.45, 7) is -0.485. The second kappa shape index (κ2) is 5.93. The zero-order valence-electron chi connectivity index (χ0n) is 10.1. The molecule has 0 aliphatic rings. The molecule has 2 N–H and O–H groups in total. The molecule has 2 rings (SSSR count). The second-order valence-electron chi connectivity index (χ2n) is 3.75. The van der Waals surface area contributed by atoms with Gasteiger partial charge in [-0.1, -0.05) is 12.1 Å². The quantitative estimate of drug-likeness (QED) is 0.851. The molecule has 0 unspecified atom stereocenters. The van der Waals surface area contributed by atoms with Gasteiger partial charge >= 0.3 is 5.97 Å². The molecule has 0 saturated heterocycles. The number of benzene rings is 1. The average molecular weight is 313 g/mol. The summed E-state index contributed by atoms with van der Waals surface area (Å²) >= 11 is 1.11. The highest BCUT2D eigenvalue weighted by molar-refractivity contribution is 7.94. The van der Waals surface area contributed by atoms with Crippen molar-refractivity contribution in [2.45, 2.75) is 4.21 Å². The molecule has 2 aromatic rings. The van der Waals surface area contributed by atoms with Crippen LogP contribution in [0, 0.1) is 0 Å². The number of carboxylic acids is 1. The van der Waals surface area contributed by atoms with Gasteiger partial charge in [0.1, 0.15) is 9.96 Å². The van der Waals surface area contributed by atoms with Crippen molar-refractivity contribution in [2.24, 2.45) is 0 Å². The number of carboxylic acid groups (broad SMARTS) is 1. The number of hydrogen-bond acceptors (Lipinski definition) is 5. The Labute approximate surface area is 119 Å². The van der Waals surface area contributed by atoms with Crippen LogP contribution in [0.25, 0.3) is 0 Å². The summed E-state index contributed by atoms with van der Waals surface area (Å²) < 4.78 is 31.6. The zero-order chi connectivity index (χ0) is 14.6. The molecule has 0 atom stereocenters. The van der Waals surface area contributed by atoms with Crippen LogP contribution in [0.15, 0.2) is 46.0 Å². The Hall–Kier alpha value is -2.06. The average Bonchev–Trinajstić information content (AvgIpc) is 2.91. The largest absolute Gasteiger partial charge is 0.482 e. The lowest BCUT2D eigenvalue weighted by molar-refractivity contribution is -0.139. The molecule has 0 fully saturated rings. The summed E-state index contributed by atoms with van der Waals surface area (Å²) in [5, 5.41) is 10.2. The van der Waals surface area contributed by atoms with Crippen molar-refractivity contribution >= 4 is 33.0 Å². The van der Waals surface area contributed by atoms with Gasteiger partial charge in [-0.15, -0.1) is 11.3 Å². The van der Waals surface area contributed by atoms with Gasteiger partial charge in [0, 0.05) is 6.07 Å². The maximum absolute atomic E-state index is 12.0. The Morgan fingerprint density at radius 2 is 2.10 bits per heavy atom. The Bertz CT molecular complexity index is 694. The van der Waals surface area contributed by atoms with Crippen LogP contribution in [0.3, 0.4) is 0 Å². The van der Waals surface area contributed by atoms with Crippen molar-refractivity contribution in [3.05, 3.63) is 41.8 Å². The minimum atomic E-state index is -3.62. The molecule has 0 aliphatic heterocycles. The third kappa shape index (κ3) is 3.72. The third-order valence-electron chi connectivity index (χ3n) is 2.21. The van der Waals surface area contributed by atoms with Crippen LogP contribution in [0.1, 0.15) is 0 Å². The Morgan fingerprint density at radius 3 is 2.75 bits per heavy atom. The monoisotopic (exact) mass is 313 g/mol. The number of nitrogens with one attached hydrogen (secondary N) is 1. The number of rotatable bonds is 6. The zero-order valence-corrected chi connectivity index (χ0v) is 11.8. The summed E-state index contributed by atoms with van der Waals surface area (Å²) in [5.74, 6) is -0.826. The first-order chi connectivity index (χ1) is 9.47. The lowest BCUT2D eigenvalue weighted by Gasteiger charge is -2.08. The summed E-state index contributed by atoms with van der Waals surface area (Å²) in [4.78, 5) is 10.4. The maximum atomic E-state index is 12.0. The lowest BCUT2D eigenvalue weighted by Crippen LogP contribution is -2.12. The van der Waals surface area contributed by atoms with Gasteiger partial charge in [-0.2, -0.15) is 0 Å². The van der Waals surface area contributed by atoms with Crippen molar-refractivity contribution in [2.75, 3.05) is 11.3 Å². The molecule has 1 aromatic heterocycles. The SMILES string of the molecule is O=C(O)COc1cccc(NS(=O)(=O)c2cccs2)c1. The van der Waals surface area contributed by atoms with E-state index in [1.165, 1.54) is 12.1 Å². The van der Waals surface area contributed by atoms with Crippen molar-refractivity contribution in [1.29, 1.82) is 0 Å². The number of sulfonamides is 1. The standard InChI is InChI=1S/C12H11NO5S2/c14-11(15)8-18-10-4-1-3-9(7-10)13-20(16,17)12-5-2-6-19-12/h1-7,13H,8H2,(H,14,15). The van der Waals surface area contributed by atoms with Gasteiger partial charge in [0.15, 0.2) is 6.61 Å². The minimum absolute atomic E-state index is 0.203. The highest BCUT2D eigenvalue weighted by Gasteiger charge is 2.15. The van der Waals surface area contributed by atoms with Gasteiger partial charge in [0.2, 0.25) is 0 Å². The van der Waals surface area contributed by atoms with Crippen molar-refractivity contribution in [3.63, 3.8) is 0 Å². The molecule has 0 saturated carbocycles. The topological polar surface area (TPSA) is 92.7 Å². The van der Waals surface area contributed by atoms with E-state index in [9.17, 15) is 13.2 Å². The van der Waals surface area contributed by atoms with Gasteiger partial charge < -0.3 is 9.84 Å².